The lowest BCUT2D eigenvalue weighted by atomic mass is 10.0. The van der Waals surface area contributed by atoms with Gasteiger partial charge in [0, 0.05) is 24.3 Å². The number of thiophene rings is 1. The van der Waals surface area contributed by atoms with Gasteiger partial charge in [0.05, 0.1) is 11.5 Å². The molecule has 0 saturated heterocycles. The summed E-state index contributed by atoms with van der Waals surface area (Å²) >= 11 is 0.985. The predicted molar refractivity (Wildman–Crippen MR) is 84.4 cm³/mol. The van der Waals surface area contributed by atoms with Crippen molar-refractivity contribution in [2.45, 2.75) is 10.1 Å². The van der Waals surface area contributed by atoms with Crippen LogP contribution in [-0.4, -0.2) is 33.7 Å². The van der Waals surface area contributed by atoms with E-state index in [-0.39, 0.29) is 16.0 Å². The van der Waals surface area contributed by atoms with Gasteiger partial charge in [0.2, 0.25) is 0 Å². The van der Waals surface area contributed by atoms with Gasteiger partial charge in [-0.1, -0.05) is 18.2 Å². The van der Waals surface area contributed by atoms with Gasteiger partial charge < -0.3 is 10.1 Å². The number of para-hydroxylation sites is 1. The number of sulfone groups is 1. The number of hydrogen-bond acceptors (Lipinski definition) is 5. The van der Waals surface area contributed by atoms with Crippen LogP contribution in [0.15, 0.2) is 40.6 Å². The Bertz CT molecular complexity index is 810. The first-order valence-electron chi connectivity index (χ1n) is 6.75. The number of benzene rings is 1. The fourth-order valence-corrected chi connectivity index (χ4v) is 4.19. The molecule has 1 atom stereocenters. The summed E-state index contributed by atoms with van der Waals surface area (Å²) in [7, 11) is -3.27. The molecule has 0 radical (unpaired) electrons. The average molecular weight is 337 g/mol. The average Bonchev–Trinajstić information content (AvgIpc) is 3.11. The van der Waals surface area contributed by atoms with Crippen molar-refractivity contribution in [3.05, 3.63) is 46.8 Å². The van der Waals surface area contributed by atoms with E-state index in [1.165, 1.54) is 12.1 Å². The van der Waals surface area contributed by atoms with Crippen molar-refractivity contribution in [3.63, 3.8) is 0 Å². The van der Waals surface area contributed by atoms with E-state index in [4.69, 9.17) is 4.74 Å². The maximum atomic E-state index is 12.1. The molecule has 1 aliphatic heterocycles. The maximum absolute atomic E-state index is 12.1. The first-order chi connectivity index (χ1) is 10.4. The van der Waals surface area contributed by atoms with Crippen LogP contribution in [0.2, 0.25) is 0 Å². The SMILES string of the molecule is CS(=O)(=O)c1ccc(C(=O)NCC2COc3ccccc32)s1. The van der Waals surface area contributed by atoms with Crippen molar-refractivity contribution < 1.29 is 17.9 Å². The smallest absolute Gasteiger partial charge is 0.261 e. The monoisotopic (exact) mass is 337 g/mol. The minimum atomic E-state index is -3.27. The molecule has 1 N–H and O–H groups in total. The van der Waals surface area contributed by atoms with Gasteiger partial charge in [-0.05, 0) is 18.2 Å². The Morgan fingerprint density at radius 3 is 2.82 bits per heavy atom. The number of amides is 1. The molecule has 2 heterocycles. The summed E-state index contributed by atoms with van der Waals surface area (Å²) in [5.41, 5.74) is 1.09. The summed E-state index contributed by atoms with van der Waals surface area (Å²) in [4.78, 5) is 12.5. The Balaban J connectivity index is 1.65. The number of hydrogen-bond donors (Lipinski definition) is 1. The molecule has 0 fully saturated rings. The second kappa shape index (κ2) is 5.73. The van der Waals surface area contributed by atoms with Gasteiger partial charge in [-0.3, -0.25) is 4.79 Å². The fourth-order valence-electron chi connectivity index (χ4n) is 2.34. The van der Waals surface area contributed by atoms with Crippen LogP contribution in [0.3, 0.4) is 0 Å². The van der Waals surface area contributed by atoms with Crippen LogP contribution in [0, 0.1) is 0 Å². The van der Waals surface area contributed by atoms with E-state index in [0.29, 0.717) is 18.0 Å². The van der Waals surface area contributed by atoms with Gasteiger partial charge in [0.15, 0.2) is 9.84 Å². The maximum Gasteiger partial charge on any atom is 0.261 e. The van der Waals surface area contributed by atoms with Crippen LogP contribution in [0.4, 0.5) is 0 Å². The molecule has 5 nitrogen and oxygen atoms in total. The minimum Gasteiger partial charge on any atom is -0.493 e. The Morgan fingerprint density at radius 2 is 2.09 bits per heavy atom. The third kappa shape index (κ3) is 3.00. The third-order valence-corrected chi connectivity index (χ3v) is 6.38. The molecule has 1 unspecified atom stereocenters. The molecule has 1 aromatic carbocycles. The van der Waals surface area contributed by atoms with Gasteiger partial charge in [-0.25, -0.2) is 8.42 Å². The van der Waals surface area contributed by atoms with E-state index in [2.05, 4.69) is 5.32 Å². The number of fused-ring (bicyclic) bond motifs is 1. The summed E-state index contributed by atoms with van der Waals surface area (Å²) in [5, 5.41) is 2.84. The van der Waals surface area contributed by atoms with E-state index < -0.39 is 9.84 Å². The molecule has 1 aromatic heterocycles. The van der Waals surface area contributed by atoms with Gasteiger partial charge in [-0.15, -0.1) is 11.3 Å². The number of ether oxygens (including phenoxy) is 1. The molecule has 1 amide bonds. The minimum absolute atomic E-state index is 0.120. The highest BCUT2D eigenvalue weighted by Crippen LogP contribution is 2.33. The second-order valence-electron chi connectivity index (χ2n) is 5.15. The zero-order valence-electron chi connectivity index (χ0n) is 11.9. The van der Waals surface area contributed by atoms with Gasteiger partial charge >= 0.3 is 0 Å². The summed E-state index contributed by atoms with van der Waals surface area (Å²) in [6, 6.07) is 10.8. The van der Waals surface area contributed by atoms with Crippen molar-refractivity contribution in [3.8, 4) is 5.75 Å². The Hall–Kier alpha value is -1.86. The van der Waals surface area contributed by atoms with Gasteiger partial charge in [0.25, 0.3) is 5.91 Å². The van der Waals surface area contributed by atoms with E-state index >= 15 is 0 Å². The third-order valence-electron chi connectivity index (χ3n) is 3.48. The molecule has 1 aliphatic rings. The van der Waals surface area contributed by atoms with E-state index in [1.807, 2.05) is 24.3 Å². The highest BCUT2D eigenvalue weighted by Gasteiger charge is 2.24. The first-order valence-corrected chi connectivity index (χ1v) is 9.46. The lowest BCUT2D eigenvalue weighted by Gasteiger charge is -2.09. The Morgan fingerprint density at radius 1 is 1.32 bits per heavy atom. The lowest BCUT2D eigenvalue weighted by Crippen LogP contribution is -2.28. The predicted octanol–water partition coefficient (Wildman–Crippen LogP) is 2.06. The number of carbonyl (C=O) groups is 1. The number of nitrogens with one attached hydrogen (secondary N) is 1. The molecule has 22 heavy (non-hydrogen) atoms. The van der Waals surface area contributed by atoms with Crippen LogP contribution >= 0.6 is 11.3 Å². The van der Waals surface area contributed by atoms with Crippen molar-refractivity contribution in [1.82, 2.24) is 5.32 Å². The zero-order chi connectivity index (χ0) is 15.7. The second-order valence-corrected chi connectivity index (χ2v) is 8.47. The van der Waals surface area contributed by atoms with Gasteiger partial charge in [0.1, 0.15) is 9.96 Å². The van der Waals surface area contributed by atoms with Crippen LogP contribution < -0.4 is 10.1 Å². The lowest BCUT2D eigenvalue weighted by molar-refractivity contribution is 0.0954. The van der Waals surface area contributed by atoms with Crippen LogP contribution in [0.5, 0.6) is 5.75 Å². The summed E-state index contributed by atoms with van der Waals surface area (Å²) in [5.74, 6) is 0.719. The molecule has 0 spiro atoms. The molecule has 0 aliphatic carbocycles. The summed E-state index contributed by atoms with van der Waals surface area (Å²) < 4.78 is 28.6. The van der Waals surface area contributed by atoms with Crippen molar-refractivity contribution in [2.24, 2.45) is 0 Å². The molecule has 0 bridgehead atoms. The van der Waals surface area contributed by atoms with Crippen LogP contribution in [-0.2, 0) is 9.84 Å². The molecule has 3 rings (SSSR count). The standard InChI is InChI=1S/C15H15NO4S2/c1-22(18,19)14-7-6-13(21-14)15(17)16-8-10-9-20-12-5-3-2-4-11(10)12/h2-7,10H,8-9H2,1H3,(H,16,17). The molecule has 7 heteroatoms. The van der Waals surface area contributed by atoms with Crippen LogP contribution in [0.1, 0.15) is 21.2 Å². The quantitative estimate of drug-likeness (QED) is 0.927. The van der Waals surface area contributed by atoms with E-state index in [0.717, 1.165) is 28.9 Å². The molecule has 0 saturated carbocycles. The van der Waals surface area contributed by atoms with Crippen molar-refractivity contribution in [1.29, 1.82) is 0 Å². The van der Waals surface area contributed by atoms with Crippen molar-refractivity contribution >= 4 is 27.1 Å². The molecular formula is C15H15NO4S2. The normalized spacial score (nSPS) is 16.9. The zero-order valence-corrected chi connectivity index (χ0v) is 13.5. The first kappa shape index (κ1) is 15.1. The molecular weight excluding hydrogens is 322 g/mol. The molecule has 116 valence electrons. The highest BCUT2D eigenvalue weighted by atomic mass is 32.2. The topological polar surface area (TPSA) is 72.5 Å². The number of rotatable bonds is 4. The largest absolute Gasteiger partial charge is 0.493 e. The van der Waals surface area contributed by atoms with Crippen molar-refractivity contribution in [2.75, 3.05) is 19.4 Å². The Kier molecular flexibility index (Phi) is 3.92. The van der Waals surface area contributed by atoms with Gasteiger partial charge in [-0.2, -0.15) is 0 Å². The van der Waals surface area contributed by atoms with Crippen LogP contribution in [0.25, 0.3) is 0 Å². The number of carbonyl (C=O) groups excluding carboxylic acids is 1. The van der Waals surface area contributed by atoms with E-state index in [1.54, 1.807) is 0 Å². The highest BCUT2D eigenvalue weighted by molar-refractivity contribution is 7.92. The van der Waals surface area contributed by atoms with E-state index in [9.17, 15) is 13.2 Å². The fraction of sp³-hybridized carbons (Fsp3) is 0.267. The summed E-state index contributed by atoms with van der Waals surface area (Å²) in [6.07, 6.45) is 1.13. The molecule has 2 aromatic rings. The Labute approximate surface area is 132 Å². The summed E-state index contributed by atoms with van der Waals surface area (Å²) in [6.45, 7) is 1.00.